The third kappa shape index (κ3) is 3.69. The number of rotatable bonds is 5. The van der Waals surface area contributed by atoms with Gasteiger partial charge in [0.1, 0.15) is 0 Å². The van der Waals surface area contributed by atoms with Gasteiger partial charge in [-0.1, -0.05) is 28.9 Å². The van der Waals surface area contributed by atoms with Gasteiger partial charge in [-0.2, -0.15) is 11.3 Å². The summed E-state index contributed by atoms with van der Waals surface area (Å²) in [4.78, 5) is 0. The standard InChI is InChI=1S/C15H17Br2NS/c1-3-6-18-15(13-8-19-9-14(13)17)12-7-11(16)5-4-10(12)2/h4-5,7-9,15,18H,3,6H2,1-2H3. The molecule has 0 aliphatic carbocycles. The van der Waals surface area contributed by atoms with Crippen LogP contribution in [0, 0.1) is 6.92 Å². The summed E-state index contributed by atoms with van der Waals surface area (Å²) < 4.78 is 2.31. The maximum absolute atomic E-state index is 3.66. The van der Waals surface area contributed by atoms with Gasteiger partial charge in [-0.05, 0) is 70.0 Å². The maximum atomic E-state index is 3.66. The van der Waals surface area contributed by atoms with Gasteiger partial charge in [-0.15, -0.1) is 0 Å². The van der Waals surface area contributed by atoms with E-state index in [4.69, 9.17) is 0 Å². The average molecular weight is 403 g/mol. The number of thiophene rings is 1. The van der Waals surface area contributed by atoms with Crippen molar-refractivity contribution in [1.82, 2.24) is 5.32 Å². The summed E-state index contributed by atoms with van der Waals surface area (Å²) in [6, 6.07) is 6.73. The van der Waals surface area contributed by atoms with Crippen LogP contribution < -0.4 is 5.32 Å². The molecule has 1 aromatic carbocycles. The molecule has 0 saturated heterocycles. The van der Waals surface area contributed by atoms with Crippen LogP contribution in [0.1, 0.15) is 36.1 Å². The first-order valence-corrected chi connectivity index (χ1v) is 8.87. The summed E-state index contributed by atoms with van der Waals surface area (Å²) in [6.45, 7) is 5.38. The number of hydrogen-bond acceptors (Lipinski definition) is 2. The maximum Gasteiger partial charge on any atom is 0.0599 e. The van der Waals surface area contributed by atoms with Gasteiger partial charge in [0.05, 0.1) is 6.04 Å². The van der Waals surface area contributed by atoms with Crippen LogP contribution in [-0.4, -0.2) is 6.54 Å². The lowest BCUT2D eigenvalue weighted by atomic mass is 9.97. The summed E-state index contributed by atoms with van der Waals surface area (Å²) in [6.07, 6.45) is 1.13. The van der Waals surface area contributed by atoms with Crippen molar-refractivity contribution < 1.29 is 0 Å². The highest BCUT2D eigenvalue weighted by molar-refractivity contribution is 9.10. The molecule has 2 rings (SSSR count). The number of nitrogens with one attached hydrogen (secondary N) is 1. The van der Waals surface area contributed by atoms with Gasteiger partial charge in [0, 0.05) is 14.3 Å². The Labute approximate surface area is 135 Å². The van der Waals surface area contributed by atoms with Gasteiger partial charge in [0.2, 0.25) is 0 Å². The molecule has 1 unspecified atom stereocenters. The summed E-state index contributed by atoms with van der Waals surface area (Å²) >= 11 is 8.97. The van der Waals surface area contributed by atoms with E-state index in [1.165, 1.54) is 21.2 Å². The third-order valence-corrected chi connectivity index (χ3v) is 5.35. The number of hydrogen-bond donors (Lipinski definition) is 1. The average Bonchev–Trinajstić information content (AvgIpc) is 2.80. The van der Waals surface area contributed by atoms with Crippen LogP contribution >= 0.6 is 43.2 Å². The van der Waals surface area contributed by atoms with Crippen molar-refractivity contribution in [3.05, 3.63) is 54.6 Å². The Balaban J connectivity index is 2.42. The molecule has 2 aromatic rings. The van der Waals surface area contributed by atoms with Crippen molar-refractivity contribution in [2.45, 2.75) is 26.3 Å². The molecule has 0 spiro atoms. The fourth-order valence-electron chi connectivity index (χ4n) is 2.10. The van der Waals surface area contributed by atoms with Crippen molar-refractivity contribution in [2.24, 2.45) is 0 Å². The van der Waals surface area contributed by atoms with Crippen molar-refractivity contribution in [3.63, 3.8) is 0 Å². The van der Waals surface area contributed by atoms with Crippen LogP contribution in [0.15, 0.2) is 37.9 Å². The first-order valence-electron chi connectivity index (χ1n) is 6.34. The monoisotopic (exact) mass is 401 g/mol. The van der Waals surface area contributed by atoms with Gasteiger partial charge >= 0.3 is 0 Å². The van der Waals surface area contributed by atoms with Gasteiger partial charge in [-0.3, -0.25) is 0 Å². The molecule has 0 fully saturated rings. The molecule has 4 heteroatoms. The van der Waals surface area contributed by atoms with Crippen molar-refractivity contribution in [3.8, 4) is 0 Å². The first-order chi connectivity index (χ1) is 9.13. The van der Waals surface area contributed by atoms with Crippen LogP contribution in [-0.2, 0) is 0 Å². The summed E-state index contributed by atoms with van der Waals surface area (Å²) in [5.41, 5.74) is 3.97. The molecule has 1 aromatic heterocycles. The van der Waals surface area contributed by atoms with Crippen LogP contribution in [0.2, 0.25) is 0 Å². The fraction of sp³-hybridized carbons (Fsp3) is 0.333. The largest absolute Gasteiger partial charge is 0.306 e. The number of benzene rings is 1. The van der Waals surface area contributed by atoms with Crippen LogP contribution in [0.4, 0.5) is 0 Å². The Morgan fingerprint density at radius 3 is 2.63 bits per heavy atom. The minimum atomic E-state index is 0.248. The SMILES string of the molecule is CCCNC(c1cc(Br)ccc1C)c1cscc1Br. The zero-order valence-electron chi connectivity index (χ0n) is 11.0. The van der Waals surface area contributed by atoms with Crippen molar-refractivity contribution in [1.29, 1.82) is 0 Å². The second-order valence-corrected chi connectivity index (χ2v) is 7.08. The Hall–Kier alpha value is -0.160. The van der Waals surface area contributed by atoms with E-state index in [9.17, 15) is 0 Å². The Morgan fingerprint density at radius 1 is 1.21 bits per heavy atom. The molecule has 0 aliphatic heterocycles. The first kappa shape index (κ1) is 15.2. The highest BCUT2D eigenvalue weighted by Gasteiger charge is 2.18. The minimum absolute atomic E-state index is 0.248. The second-order valence-electron chi connectivity index (χ2n) is 4.56. The molecule has 102 valence electrons. The topological polar surface area (TPSA) is 12.0 Å². The van der Waals surface area contributed by atoms with Gasteiger partial charge in [0.25, 0.3) is 0 Å². The van der Waals surface area contributed by atoms with Gasteiger partial charge in [0.15, 0.2) is 0 Å². The van der Waals surface area contributed by atoms with E-state index in [0.717, 1.165) is 17.4 Å². The Bertz CT molecular complexity index is 551. The molecular formula is C15H17Br2NS. The molecular weight excluding hydrogens is 386 g/mol. The van der Waals surface area contributed by atoms with Crippen LogP contribution in [0.5, 0.6) is 0 Å². The van der Waals surface area contributed by atoms with E-state index in [1.807, 2.05) is 0 Å². The molecule has 0 aliphatic rings. The van der Waals surface area contributed by atoms with E-state index < -0.39 is 0 Å². The number of halogens is 2. The molecule has 1 heterocycles. The van der Waals surface area contributed by atoms with E-state index in [-0.39, 0.29) is 6.04 Å². The zero-order chi connectivity index (χ0) is 13.8. The van der Waals surface area contributed by atoms with Crippen LogP contribution in [0.3, 0.4) is 0 Å². The Kier molecular flexibility index (Phi) is 5.63. The van der Waals surface area contributed by atoms with E-state index in [0.29, 0.717) is 0 Å². The quantitative estimate of drug-likeness (QED) is 0.679. The summed E-state index contributed by atoms with van der Waals surface area (Å²) in [7, 11) is 0. The summed E-state index contributed by atoms with van der Waals surface area (Å²) in [5.74, 6) is 0. The minimum Gasteiger partial charge on any atom is -0.306 e. The van der Waals surface area contributed by atoms with Gasteiger partial charge < -0.3 is 5.32 Å². The van der Waals surface area contributed by atoms with E-state index in [2.05, 4.69) is 80.0 Å². The van der Waals surface area contributed by atoms with E-state index >= 15 is 0 Å². The molecule has 1 nitrogen and oxygen atoms in total. The molecule has 0 radical (unpaired) electrons. The normalized spacial score (nSPS) is 12.6. The summed E-state index contributed by atoms with van der Waals surface area (Å²) in [5, 5.41) is 8.01. The Morgan fingerprint density at radius 2 is 2.00 bits per heavy atom. The predicted octanol–water partition coefficient (Wildman–Crippen LogP) is 5.67. The lowest BCUT2D eigenvalue weighted by Gasteiger charge is -2.21. The number of aryl methyl sites for hydroxylation is 1. The fourth-order valence-corrected chi connectivity index (χ4v) is 4.03. The molecule has 0 bridgehead atoms. The predicted molar refractivity (Wildman–Crippen MR) is 91.0 cm³/mol. The van der Waals surface area contributed by atoms with Gasteiger partial charge in [-0.25, -0.2) is 0 Å². The highest BCUT2D eigenvalue weighted by atomic mass is 79.9. The second kappa shape index (κ2) is 7.02. The van der Waals surface area contributed by atoms with Crippen molar-refractivity contribution in [2.75, 3.05) is 6.54 Å². The zero-order valence-corrected chi connectivity index (χ0v) is 15.0. The third-order valence-electron chi connectivity index (χ3n) is 3.10. The molecule has 1 N–H and O–H groups in total. The van der Waals surface area contributed by atoms with E-state index in [1.54, 1.807) is 11.3 Å². The molecule has 0 saturated carbocycles. The van der Waals surface area contributed by atoms with Crippen molar-refractivity contribution >= 4 is 43.2 Å². The molecule has 1 atom stereocenters. The smallest absolute Gasteiger partial charge is 0.0599 e. The molecule has 19 heavy (non-hydrogen) atoms. The molecule has 0 amide bonds. The lowest BCUT2D eigenvalue weighted by Crippen LogP contribution is -2.23. The highest BCUT2D eigenvalue weighted by Crippen LogP contribution is 2.34. The van der Waals surface area contributed by atoms with Crippen LogP contribution in [0.25, 0.3) is 0 Å². The lowest BCUT2D eigenvalue weighted by molar-refractivity contribution is 0.596.